The minimum atomic E-state index is -0.978. The Hall–Kier alpha value is -3.53. The van der Waals surface area contributed by atoms with Crippen LogP contribution in [0.1, 0.15) is 45.1 Å². The summed E-state index contributed by atoms with van der Waals surface area (Å²) in [5, 5.41) is 10.8. The summed E-state index contributed by atoms with van der Waals surface area (Å²) in [7, 11) is 0. The fourth-order valence-corrected chi connectivity index (χ4v) is 3.68. The molecule has 1 heterocycles. The van der Waals surface area contributed by atoms with Gasteiger partial charge in [-0.1, -0.05) is 37.6 Å². The first kappa shape index (κ1) is 22.2. The van der Waals surface area contributed by atoms with Crippen molar-refractivity contribution in [3.8, 4) is 11.8 Å². The Labute approximate surface area is 180 Å². The third-order valence-corrected chi connectivity index (χ3v) is 5.13. The maximum Gasteiger partial charge on any atom is 0.338 e. The van der Waals surface area contributed by atoms with E-state index in [1.807, 2.05) is 13.0 Å². The Kier molecular flexibility index (Phi) is 6.81. The van der Waals surface area contributed by atoms with Gasteiger partial charge in [0.05, 0.1) is 24.7 Å². The molecule has 1 aliphatic heterocycles. The van der Waals surface area contributed by atoms with E-state index < -0.39 is 17.7 Å². The summed E-state index contributed by atoms with van der Waals surface area (Å²) < 4.78 is 31.9. The van der Waals surface area contributed by atoms with Crippen LogP contribution in [0.4, 0.5) is 4.39 Å². The summed E-state index contributed by atoms with van der Waals surface area (Å²) in [6.07, 6.45) is 1.71. The minimum Gasteiger partial charge on any atom is -0.493 e. The molecule has 0 amide bonds. The number of fused-ring (bicyclic) bond motifs is 1. The highest BCUT2D eigenvalue weighted by Crippen LogP contribution is 2.46. The zero-order chi connectivity index (χ0) is 22.5. The molecule has 3 rings (SSSR count). The molecule has 7 heteroatoms. The lowest BCUT2D eigenvalue weighted by Gasteiger charge is -2.28. The van der Waals surface area contributed by atoms with Crippen molar-refractivity contribution in [3.05, 3.63) is 64.5 Å². The number of rotatable bonds is 7. The van der Waals surface area contributed by atoms with Gasteiger partial charge >= 0.3 is 5.97 Å². The number of hydrogen-bond donors (Lipinski definition) is 1. The molecule has 2 N–H and O–H groups in total. The number of ether oxygens (including phenoxy) is 3. The normalized spacial score (nSPS) is 16.2. The minimum absolute atomic E-state index is 0.00340. The molecular weight excluding hydrogens is 399 g/mol. The number of nitrogens with zero attached hydrogens (tertiary/aromatic N) is 1. The van der Waals surface area contributed by atoms with Crippen LogP contribution in [0.2, 0.25) is 0 Å². The second-order valence-corrected chi connectivity index (χ2v) is 7.14. The average Bonchev–Trinajstić information content (AvgIpc) is 2.75. The highest BCUT2D eigenvalue weighted by atomic mass is 19.1. The summed E-state index contributed by atoms with van der Waals surface area (Å²) in [6.45, 7) is 5.82. The average molecular weight is 424 g/mol. The number of benzene rings is 2. The number of hydrogen-bond acceptors (Lipinski definition) is 6. The molecule has 0 aliphatic carbocycles. The van der Waals surface area contributed by atoms with Gasteiger partial charge in [-0.3, -0.25) is 0 Å². The lowest BCUT2D eigenvalue weighted by Crippen LogP contribution is -2.26. The van der Waals surface area contributed by atoms with E-state index in [9.17, 15) is 10.1 Å². The molecule has 31 heavy (non-hydrogen) atoms. The standard InChI is InChI=1S/C24H25FN2O4/c1-4-6-11-30-22-16-10-8-7-9-15(16)19(25)12-17(22)21-18(13-26)23(27)31-14(3)20(21)24(28)29-5-2/h7-10,12,21H,4-6,11,27H2,1-3H3. The molecular formula is C24H25FN2O4. The fraction of sp³-hybridized carbons (Fsp3) is 0.333. The van der Waals surface area contributed by atoms with Crippen LogP contribution in [-0.2, 0) is 14.3 Å². The molecule has 0 aromatic heterocycles. The van der Waals surface area contributed by atoms with Gasteiger partial charge in [0.15, 0.2) is 0 Å². The van der Waals surface area contributed by atoms with Crippen LogP contribution in [0.15, 0.2) is 53.1 Å². The van der Waals surface area contributed by atoms with Gasteiger partial charge in [0, 0.05) is 16.3 Å². The van der Waals surface area contributed by atoms with Gasteiger partial charge < -0.3 is 19.9 Å². The Morgan fingerprint density at radius 1 is 1.29 bits per heavy atom. The molecule has 1 aliphatic rings. The SMILES string of the molecule is CCCCOc1c(C2C(C#N)=C(N)OC(C)=C2C(=O)OCC)cc(F)c2ccccc12. The summed E-state index contributed by atoms with van der Waals surface area (Å²) >= 11 is 0. The Bertz CT molecular complexity index is 1110. The Morgan fingerprint density at radius 2 is 2.00 bits per heavy atom. The molecule has 0 fully saturated rings. The molecule has 1 unspecified atom stereocenters. The van der Waals surface area contributed by atoms with Gasteiger partial charge in [0.25, 0.3) is 0 Å². The van der Waals surface area contributed by atoms with E-state index in [1.54, 1.807) is 38.1 Å². The maximum atomic E-state index is 15.1. The van der Waals surface area contributed by atoms with E-state index in [0.717, 1.165) is 12.8 Å². The molecule has 0 spiro atoms. The molecule has 2 aromatic rings. The van der Waals surface area contributed by atoms with Crippen molar-refractivity contribution in [2.24, 2.45) is 5.73 Å². The van der Waals surface area contributed by atoms with E-state index in [0.29, 0.717) is 28.7 Å². The van der Waals surface area contributed by atoms with Gasteiger partial charge in [-0.15, -0.1) is 0 Å². The van der Waals surface area contributed by atoms with Crippen molar-refractivity contribution in [2.75, 3.05) is 13.2 Å². The van der Waals surface area contributed by atoms with E-state index in [-0.39, 0.29) is 29.4 Å². The smallest absolute Gasteiger partial charge is 0.338 e. The molecule has 2 aromatic carbocycles. The zero-order valence-electron chi connectivity index (χ0n) is 17.8. The lowest BCUT2D eigenvalue weighted by molar-refractivity contribution is -0.139. The zero-order valence-corrected chi connectivity index (χ0v) is 17.8. The summed E-state index contributed by atoms with van der Waals surface area (Å²) in [6, 6.07) is 10.3. The van der Waals surface area contributed by atoms with Crippen molar-refractivity contribution in [1.82, 2.24) is 0 Å². The van der Waals surface area contributed by atoms with Crippen molar-refractivity contribution in [2.45, 2.75) is 39.5 Å². The van der Waals surface area contributed by atoms with Gasteiger partial charge in [-0.2, -0.15) is 5.26 Å². The second-order valence-electron chi connectivity index (χ2n) is 7.14. The first-order valence-electron chi connectivity index (χ1n) is 10.2. The highest BCUT2D eigenvalue weighted by molar-refractivity contribution is 5.95. The number of carbonyl (C=O) groups excluding carboxylic acids is 1. The Balaban J connectivity index is 2.31. The van der Waals surface area contributed by atoms with Crippen LogP contribution in [0.5, 0.6) is 5.75 Å². The van der Waals surface area contributed by atoms with E-state index in [4.69, 9.17) is 19.9 Å². The predicted molar refractivity (Wildman–Crippen MR) is 114 cm³/mol. The van der Waals surface area contributed by atoms with Crippen molar-refractivity contribution in [3.63, 3.8) is 0 Å². The topological polar surface area (TPSA) is 94.6 Å². The number of halogens is 1. The van der Waals surface area contributed by atoms with Crippen molar-refractivity contribution < 1.29 is 23.4 Å². The van der Waals surface area contributed by atoms with Crippen molar-refractivity contribution >= 4 is 16.7 Å². The number of esters is 1. The first-order valence-corrected chi connectivity index (χ1v) is 10.2. The van der Waals surface area contributed by atoms with Crippen LogP contribution in [0.25, 0.3) is 10.8 Å². The summed E-state index contributed by atoms with van der Waals surface area (Å²) in [5.41, 5.74) is 6.41. The van der Waals surface area contributed by atoms with E-state index in [2.05, 4.69) is 0 Å². The van der Waals surface area contributed by atoms with Crippen LogP contribution < -0.4 is 10.5 Å². The summed E-state index contributed by atoms with van der Waals surface area (Å²) in [4.78, 5) is 12.8. The maximum absolute atomic E-state index is 15.1. The van der Waals surface area contributed by atoms with Crippen LogP contribution in [-0.4, -0.2) is 19.2 Å². The number of nitriles is 1. The van der Waals surface area contributed by atoms with Gasteiger partial charge in [-0.05, 0) is 26.3 Å². The quantitative estimate of drug-likeness (QED) is 0.507. The summed E-state index contributed by atoms with van der Waals surface area (Å²) in [5.74, 6) is -1.64. The predicted octanol–water partition coefficient (Wildman–Crippen LogP) is 4.80. The van der Waals surface area contributed by atoms with Crippen LogP contribution in [0.3, 0.4) is 0 Å². The first-order chi connectivity index (χ1) is 14.9. The number of nitrogens with two attached hydrogens (primary N) is 1. The largest absolute Gasteiger partial charge is 0.493 e. The van der Waals surface area contributed by atoms with E-state index in [1.165, 1.54) is 6.07 Å². The number of unbranched alkanes of at least 4 members (excludes halogenated alkanes) is 1. The molecule has 1 atom stereocenters. The second kappa shape index (κ2) is 9.52. The molecule has 0 bridgehead atoms. The monoisotopic (exact) mass is 424 g/mol. The van der Waals surface area contributed by atoms with Gasteiger partial charge in [0.2, 0.25) is 5.88 Å². The highest BCUT2D eigenvalue weighted by Gasteiger charge is 2.38. The van der Waals surface area contributed by atoms with Gasteiger partial charge in [-0.25, -0.2) is 9.18 Å². The van der Waals surface area contributed by atoms with Crippen molar-refractivity contribution in [1.29, 1.82) is 5.26 Å². The number of allylic oxidation sites excluding steroid dienone is 2. The number of carbonyl (C=O) groups is 1. The van der Waals surface area contributed by atoms with E-state index >= 15 is 4.39 Å². The van der Waals surface area contributed by atoms with Crippen LogP contribution in [0, 0.1) is 17.1 Å². The fourth-order valence-electron chi connectivity index (χ4n) is 3.68. The van der Waals surface area contributed by atoms with Crippen LogP contribution >= 0.6 is 0 Å². The molecule has 0 saturated carbocycles. The third kappa shape index (κ3) is 4.19. The Morgan fingerprint density at radius 3 is 2.65 bits per heavy atom. The molecule has 6 nitrogen and oxygen atoms in total. The molecule has 0 radical (unpaired) electrons. The lowest BCUT2D eigenvalue weighted by atomic mass is 9.81. The molecule has 162 valence electrons. The molecule has 0 saturated heterocycles. The third-order valence-electron chi connectivity index (χ3n) is 5.13. The van der Waals surface area contributed by atoms with Gasteiger partial charge in [0.1, 0.15) is 29.0 Å².